The van der Waals surface area contributed by atoms with Gasteiger partial charge in [0.05, 0.1) is 0 Å². The maximum atomic E-state index is 12.6. The van der Waals surface area contributed by atoms with Crippen LogP contribution >= 0.6 is 36.6 Å². The summed E-state index contributed by atoms with van der Waals surface area (Å²) in [5, 5.41) is 13.5. The van der Waals surface area contributed by atoms with Gasteiger partial charge in [-0.15, -0.1) is 24.8 Å². The molecule has 0 spiro atoms. The highest BCUT2D eigenvalue weighted by Crippen LogP contribution is 2.44. The Bertz CT molecular complexity index is 553. The molecule has 1 saturated carbocycles. The van der Waals surface area contributed by atoms with Crippen molar-refractivity contribution in [3.8, 4) is 5.75 Å². The van der Waals surface area contributed by atoms with E-state index in [9.17, 15) is 18.3 Å². The summed E-state index contributed by atoms with van der Waals surface area (Å²) in [6.45, 7) is 3.46. The van der Waals surface area contributed by atoms with Crippen LogP contribution in [0.3, 0.4) is 0 Å². The summed E-state index contributed by atoms with van der Waals surface area (Å²) in [4.78, 5) is 2.42. The molecule has 0 radical (unpaired) electrons. The fourth-order valence-electron chi connectivity index (χ4n) is 3.13. The third kappa shape index (κ3) is 6.71. The van der Waals surface area contributed by atoms with Gasteiger partial charge in [0, 0.05) is 42.7 Å². The minimum atomic E-state index is -4.31. The van der Waals surface area contributed by atoms with Crippen molar-refractivity contribution in [2.75, 3.05) is 26.2 Å². The Hall–Kier alpha value is -0.340. The third-order valence-corrected chi connectivity index (χ3v) is 5.16. The van der Waals surface area contributed by atoms with Crippen LogP contribution in [-0.4, -0.2) is 41.7 Å². The number of rotatable bonds is 5. The highest BCUT2D eigenvalue weighted by atomic mass is 35.5. The fraction of sp³-hybridized carbons (Fsp3) is 0.625. The van der Waals surface area contributed by atoms with E-state index in [-0.39, 0.29) is 53.3 Å². The van der Waals surface area contributed by atoms with Gasteiger partial charge in [0.15, 0.2) is 0 Å². The third-order valence-electron chi connectivity index (χ3n) is 4.44. The zero-order valence-corrected chi connectivity index (χ0v) is 16.0. The lowest BCUT2D eigenvalue weighted by Crippen LogP contribution is -2.45. The molecule has 0 aromatic heterocycles. The first-order valence-electron chi connectivity index (χ1n) is 7.96. The molecule has 1 heterocycles. The number of nitrogens with one attached hydrogen (secondary N) is 1. The van der Waals surface area contributed by atoms with Crippen LogP contribution in [0.4, 0.5) is 13.2 Å². The molecule has 25 heavy (non-hydrogen) atoms. The Labute approximate surface area is 162 Å². The van der Waals surface area contributed by atoms with E-state index < -0.39 is 5.51 Å². The molecule has 0 bridgehead atoms. The Morgan fingerprint density at radius 2 is 1.84 bits per heavy atom. The number of hydrogen-bond acceptors (Lipinski definition) is 4. The van der Waals surface area contributed by atoms with Crippen molar-refractivity contribution < 1.29 is 18.3 Å². The first-order valence-corrected chi connectivity index (χ1v) is 8.77. The maximum absolute atomic E-state index is 12.6. The minimum absolute atomic E-state index is 0. The van der Waals surface area contributed by atoms with Gasteiger partial charge in [0.25, 0.3) is 0 Å². The molecule has 1 atom stereocenters. The van der Waals surface area contributed by atoms with Crippen molar-refractivity contribution in [1.82, 2.24) is 10.2 Å². The Morgan fingerprint density at radius 3 is 2.40 bits per heavy atom. The summed E-state index contributed by atoms with van der Waals surface area (Å²) in [6, 6.07) is 4.25. The molecule has 3 nitrogen and oxygen atoms in total. The number of alkyl halides is 3. The number of piperazine rings is 1. The summed E-state index contributed by atoms with van der Waals surface area (Å²) in [6.07, 6.45) is 3.27. The van der Waals surface area contributed by atoms with Crippen LogP contribution < -0.4 is 5.32 Å². The zero-order chi connectivity index (χ0) is 16.4. The lowest BCUT2D eigenvalue weighted by atomic mass is 9.97. The standard InChI is InChI=1S/C16H21F3N2OS.2ClH/c17-16(18,19)23-12-3-4-15(22)13(10-12)14(9-11-1-2-11)21-7-5-20-6-8-21;;/h3-4,10-11,14,20,22H,1-2,5-9H2;2*1H/t14-;;/m1../s1. The molecule has 2 fully saturated rings. The highest BCUT2D eigenvalue weighted by Gasteiger charge is 2.33. The van der Waals surface area contributed by atoms with Gasteiger partial charge >= 0.3 is 5.51 Å². The second-order valence-electron chi connectivity index (χ2n) is 6.25. The summed E-state index contributed by atoms with van der Waals surface area (Å²) >= 11 is -0.120. The average molecular weight is 419 g/mol. The zero-order valence-electron chi connectivity index (χ0n) is 13.6. The molecule has 144 valence electrons. The van der Waals surface area contributed by atoms with E-state index in [4.69, 9.17) is 0 Å². The van der Waals surface area contributed by atoms with Crippen LogP contribution in [-0.2, 0) is 0 Å². The van der Waals surface area contributed by atoms with Crippen LogP contribution in [0.1, 0.15) is 30.9 Å². The van der Waals surface area contributed by atoms with Crippen LogP contribution in [0.25, 0.3) is 0 Å². The molecule has 0 unspecified atom stereocenters. The summed E-state index contributed by atoms with van der Waals surface area (Å²) in [7, 11) is 0. The summed E-state index contributed by atoms with van der Waals surface area (Å²) < 4.78 is 37.9. The van der Waals surface area contributed by atoms with Gasteiger partial charge in [-0.05, 0) is 42.3 Å². The van der Waals surface area contributed by atoms with Gasteiger partial charge in [-0.25, -0.2) is 0 Å². The number of nitrogens with zero attached hydrogens (tertiary/aromatic N) is 1. The number of aromatic hydroxyl groups is 1. The second-order valence-corrected chi connectivity index (χ2v) is 7.39. The van der Waals surface area contributed by atoms with Crippen molar-refractivity contribution in [2.24, 2.45) is 5.92 Å². The van der Waals surface area contributed by atoms with Crippen molar-refractivity contribution in [3.63, 3.8) is 0 Å². The van der Waals surface area contributed by atoms with Crippen molar-refractivity contribution in [1.29, 1.82) is 0 Å². The average Bonchev–Trinajstić information content (AvgIpc) is 3.31. The van der Waals surface area contributed by atoms with Gasteiger partial charge in [0.2, 0.25) is 0 Å². The van der Waals surface area contributed by atoms with Crippen LogP contribution in [0.15, 0.2) is 23.1 Å². The highest BCUT2D eigenvalue weighted by molar-refractivity contribution is 8.00. The van der Waals surface area contributed by atoms with E-state index >= 15 is 0 Å². The molecular formula is C16H23Cl2F3N2OS. The van der Waals surface area contributed by atoms with Crippen LogP contribution in [0, 0.1) is 5.92 Å². The van der Waals surface area contributed by atoms with Crippen LogP contribution in [0.2, 0.25) is 0 Å². The molecule has 1 aromatic carbocycles. The molecule has 2 aliphatic rings. The molecular weight excluding hydrogens is 396 g/mol. The van der Waals surface area contributed by atoms with E-state index in [2.05, 4.69) is 10.2 Å². The Morgan fingerprint density at radius 1 is 1.20 bits per heavy atom. The second kappa shape index (κ2) is 9.55. The van der Waals surface area contributed by atoms with E-state index in [1.165, 1.54) is 31.0 Å². The topological polar surface area (TPSA) is 35.5 Å². The van der Waals surface area contributed by atoms with E-state index in [0.717, 1.165) is 32.6 Å². The maximum Gasteiger partial charge on any atom is 0.446 e. The minimum Gasteiger partial charge on any atom is -0.508 e. The molecule has 1 aliphatic carbocycles. The number of benzene rings is 1. The molecule has 3 rings (SSSR count). The predicted molar refractivity (Wildman–Crippen MR) is 99.0 cm³/mol. The van der Waals surface area contributed by atoms with Gasteiger partial charge in [0.1, 0.15) is 5.75 Å². The number of hydrogen-bond donors (Lipinski definition) is 2. The summed E-state index contributed by atoms with van der Waals surface area (Å²) in [5.41, 5.74) is -3.68. The van der Waals surface area contributed by atoms with Gasteiger partial charge in [-0.2, -0.15) is 13.2 Å². The van der Waals surface area contributed by atoms with Gasteiger partial charge in [-0.1, -0.05) is 12.8 Å². The molecule has 1 saturated heterocycles. The van der Waals surface area contributed by atoms with Crippen molar-refractivity contribution in [2.45, 2.75) is 35.7 Å². The first-order chi connectivity index (χ1) is 10.9. The lowest BCUT2D eigenvalue weighted by Gasteiger charge is -2.35. The fourth-order valence-corrected chi connectivity index (χ4v) is 3.72. The Kier molecular flexibility index (Phi) is 8.67. The summed E-state index contributed by atoms with van der Waals surface area (Å²) in [5.74, 6) is 0.730. The van der Waals surface area contributed by atoms with Crippen molar-refractivity contribution in [3.05, 3.63) is 23.8 Å². The molecule has 2 N–H and O–H groups in total. The normalized spacial score (nSPS) is 19.6. The van der Waals surface area contributed by atoms with Gasteiger partial charge in [-0.3, -0.25) is 4.90 Å². The largest absolute Gasteiger partial charge is 0.508 e. The number of thioether (sulfide) groups is 1. The quantitative estimate of drug-likeness (QED) is 0.685. The molecule has 9 heteroatoms. The SMILES string of the molecule is Cl.Cl.Oc1ccc(SC(F)(F)F)cc1[C@@H](CC1CC1)N1CCNCC1. The Balaban J connectivity index is 0.00000156. The number of halogens is 5. The molecule has 0 amide bonds. The number of phenolic OH excluding ortho intramolecular Hbond substituents is 1. The lowest BCUT2D eigenvalue weighted by molar-refractivity contribution is -0.0328. The van der Waals surface area contributed by atoms with E-state index in [1.807, 2.05) is 0 Å². The van der Waals surface area contributed by atoms with Crippen molar-refractivity contribution >= 4 is 36.6 Å². The van der Waals surface area contributed by atoms with Gasteiger partial charge < -0.3 is 10.4 Å². The number of phenols is 1. The van der Waals surface area contributed by atoms with E-state index in [0.29, 0.717) is 11.5 Å². The van der Waals surface area contributed by atoms with Crippen LogP contribution in [0.5, 0.6) is 5.75 Å². The molecule has 1 aliphatic heterocycles. The first kappa shape index (κ1) is 22.7. The smallest absolute Gasteiger partial charge is 0.446 e. The predicted octanol–water partition coefficient (Wildman–Crippen LogP) is 4.59. The monoisotopic (exact) mass is 418 g/mol. The van der Waals surface area contributed by atoms with E-state index in [1.54, 1.807) is 0 Å². The molecule has 1 aromatic rings.